The number of hydrogen-bond donors (Lipinski definition) is 10. The molecular weight excluding hydrogens is 654 g/mol. The summed E-state index contributed by atoms with van der Waals surface area (Å²) in [5, 5.41) is 69.9. The minimum absolute atomic E-state index is 0.0354. The molecule has 0 aromatic heterocycles. The van der Waals surface area contributed by atoms with E-state index in [1.165, 1.54) is 24.9 Å². The third-order valence-electron chi connectivity index (χ3n) is 7.80. The van der Waals surface area contributed by atoms with Gasteiger partial charge in [-0.25, -0.2) is 0 Å². The number of ether oxygens (including phenoxy) is 4. The molecule has 2 saturated heterocycles. The number of carbonyl (C=O) groups excluding carboxylic acids is 4. The Kier molecular flexibility index (Phi) is 19.1. The topological polar surface area (TPSA) is 278 Å². The van der Waals surface area contributed by atoms with Crippen LogP contribution in [0.5, 0.6) is 0 Å². The van der Waals surface area contributed by atoms with E-state index in [1.807, 2.05) is 0 Å². The number of unbranched alkanes of at least 4 members (excludes halogenated alkanes) is 2. The maximum atomic E-state index is 12.7. The molecule has 0 saturated carbocycles. The van der Waals surface area contributed by atoms with Crippen molar-refractivity contribution in [3.05, 3.63) is 12.8 Å². The van der Waals surface area contributed by atoms with E-state index >= 15 is 0 Å². The van der Waals surface area contributed by atoms with Crippen molar-refractivity contribution >= 4 is 23.6 Å². The second kappa shape index (κ2) is 22.1. The number of rotatable bonds is 21. The van der Waals surface area contributed by atoms with E-state index in [0.717, 1.165) is 0 Å². The molecule has 0 radical (unpaired) electrons. The van der Waals surface area contributed by atoms with Crippen LogP contribution >= 0.6 is 0 Å². The summed E-state index contributed by atoms with van der Waals surface area (Å²) in [6, 6.07) is 0. The van der Waals surface area contributed by atoms with Crippen molar-refractivity contribution in [2.24, 2.45) is 0 Å². The molecule has 2 aliphatic rings. The Balaban J connectivity index is 1.81. The molecule has 0 aliphatic carbocycles. The zero-order valence-electron chi connectivity index (χ0n) is 27.9. The molecule has 19 heteroatoms. The van der Waals surface area contributed by atoms with Crippen LogP contribution in [0.15, 0.2) is 12.8 Å². The third kappa shape index (κ3) is 14.9. The van der Waals surface area contributed by atoms with Gasteiger partial charge in [-0.1, -0.05) is 13.0 Å². The molecule has 2 heterocycles. The summed E-state index contributed by atoms with van der Waals surface area (Å²) in [5.74, 6) is -1.67. The molecule has 0 bridgehead atoms. The summed E-state index contributed by atoms with van der Waals surface area (Å²) in [5.41, 5.74) is 0. The molecule has 0 aromatic rings. The number of aliphatic hydroxyl groups is 6. The van der Waals surface area contributed by atoms with Crippen molar-refractivity contribution < 1.29 is 68.8 Å². The molecule has 10 atom stereocenters. The first-order valence-electron chi connectivity index (χ1n) is 16.3. The smallest absolute Gasteiger partial charge is 0.234 e. The molecule has 2 fully saturated rings. The number of nitrogens with one attached hydrogen (secondary N) is 4. The van der Waals surface area contributed by atoms with Crippen LogP contribution in [-0.2, 0) is 38.1 Å². The van der Waals surface area contributed by atoms with Gasteiger partial charge in [0.2, 0.25) is 23.6 Å². The van der Waals surface area contributed by atoms with E-state index < -0.39 is 79.1 Å². The Labute approximate surface area is 284 Å². The highest BCUT2D eigenvalue weighted by atomic mass is 16.7. The molecule has 282 valence electrons. The van der Waals surface area contributed by atoms with E-state index in [4.69, 9.17) is 18.9 Å². The minimum atomic E-state index is -1.50. The van der Waals surface area contributed by atoms with Crippen LogP contribution in [0.2, 0.25) is 0 Å². The molecule has 2 rings (SSSR count). The second-order valence-corrected chi connectivity index (χ2v) is 11.9. The molecule has 0 unspecified atom stereocenters. The Bertz CT molecular complexity index is 1000. The lowest BCUT2D eigenvalue weighted by atomic mass is 10.0. The fraction of sp³-hybridized carbons (Fsp3) is 0.800. The monoisotopic (exact) mass is 707 g/mol. The predicted octanol–water partition coefficient (Wildman–Crippen LogP) is -4.85. The predicted molar refractivity (Wildman–Crippen MR) is 169 cm³/mol. The number of carbonyl (C=O) groups is 4. The fourth-order valence-corrected chi connectivity index (χ4v) is 4.98. The van der Waals surface area contributed by atoms with Crippen LogP contribution in [0.25, 0.3) is 0 Å². The molecule has 0 aromatic carbocycles. The van der Waals surface area contributed by atoms with E-state index in [0.29, 0.717) is 32.2 Å². The van der Waals surface area contributed by atoms with E-state index in [1.54, 1.807) is 0 Å². The summed E-state index contributed by atoms with van der Waals surface area (Å²) >= 11 is 0. The lowest BCUT2D eigenvalue weighted by Gasteiger charge is -2.38. The summed E-state index contributed by atoms with van der Waals surface area (Å²) in [6.07, 6.45) is -9.01. The average Bonchev–Trinajstić information content (AvgIpc) is 3.05. The first-order valence-corrected chi connectivity index (χ1v) is 16.3. The van der Waals surface area contributed by atoms with Gasteiger partial charge in [-0.15, -0.1) is 0 Å². The SMILES string of the molecule is C=CNC(=O)CCCCCNC(=O)CN(CC(=O)NCCO[C@@H]1O[C@@H](C)[C@@H](O)[C@@H](O)[C@@H]1O)CC(=O)NCCO[C@@H]1O[C@@H](C)[C@@H](O)[C@@H](O)[C@@H]1O. The standard InChI is InChI=1S/C30H53N5O14/c1-4-31-19(36)8-6-5-7-9-32-20(37)14-35(15-21(38)33-10-12-46-29-27(44)25(42)23(40)17(2)48-29)16-22(39)34-11-13-47-30-28(45)26(43)24(41)18(3)49-30/h4,17-18,23-30,40-45H,1,5-16H2,2-3H3,(H,31,36)(H,32,37)(H,33,38)(H,34,39)/t17-,18-,23+,24+,25+,26+,27-,28-,29+,30+/m0/s1. The van der Waals surface area contributed by atoms with Crippen molar-refractivity contribution in [3.8, 4) is 0 Å². The summed E-state index contributed by atoms with van der Waals surface area (Å²) in [4.78, 5) is 50.8. The largest absolute Gasteiger partial charge is 0.388 e. The molecule has 10 N–H and O–H groups in total. The molecular formula is C30H53N5O14. The fourth-order valence-electron chi connectivity index (χ4n) is 4.98. The van der Waals surface area contributed by atoms with Crippen molar-refractivity contribution in [3.63, 3.8) is 0 Å². The zero-order chi connectivity index (χ0) is 36.5. The summed E-state index contributed by atoms with van der Waals surface area (Å²) in [6.45, 7) is 5.46. The lowest BCUT2D eigenvalue weighted by molar-refractivity contribution is -0.292. The quantitative estimate of drug-likeness (QED) is 0.0501. The van der Waals surface area contributed by atoms with Gasteiger partial charge in [0.05, 0.1) is 45.1 Å². The van der Waals surface area contributed by atoms with Crippen molar-refractivity contribution in [2.45, 2.75) is 101 Å². The van der Waals surface area contributed by atoms with Gasteiger partial charge in [-0.3, -0.25) is 24.1 Å². The third-order valence-corrected chi connectivity index (χ3v) is 7.80. The van der Waals surface area contributed by atoms with Crippen LogP contribution in [0.1, 0.15) is 39.5 Å². The number of amides is 4. The van der Waals surface area contributed by atoms with E-state index in [-0.39, 0.29) is 51.8 Å². The van der Waals surface area contributed by atoms with E-state index in [9.17, 15) is 49.8 Å². The van der Waals surface area contributed by atoms with Crippen molar-refractivity contribution in [1.29, 1.82) is 0 Å². The van der Waals surface area contributed by atoms with Crippen LogP contribution in [0.4, 0.5) is 0 Å². The van der Waals surface area contributed by atoms with Crippen LogP contribution in [0, 0.1) is 0 Å². The van der Waals surface area contributed by atoms with E-state index in [2.05, 4.69) is 27.8 Å². The number of hydrogen-bond acceptors (Lipinski definition) is 15. The van der Waals surface area contributed by atoms with Gasteiger partial charge in [0.1, 0.15) is 36.6 Å². The van der Waals surface area contributed by atoms with Crippen molar-refractivity contribution in [1.82, 2.24) is 26.2 Å². The van der Waals surface area contributed by atoms with Crippen LogP contribution < -0.4 is 21.3 Å². The van der Waals surface area contributed by atoms with Gasteiger partial charge in [0.15, 0.2) is 12.6 Å². The second-order valence-electron chi connectivity index (χ2n) is 11.9. The molecule has 2 aliphatic heterocycles. The zero-order valence-corrected chi connectivity index (χ0v) is 27.9. The highest BCUT2D eigenvalue weighted by Gasteiger charge is 2.43. The maximum absolute atomic E-state index is 12.7. The maximum Gasteiger partial charge on any atom is 0.234 e. The Morgan fingerprint density at radius 1 is 0.633 bits per heavy atom. The lowest BCUT2D eigenvalue weighted by Crippen LogP contribution is -2.57. The van der Waals surface area contributed by atoms with Gasteiger partial charge in [0.25, 0.3) is 0 Å². The van der Waals surface area contributed by atoms with Gasteiger partial charge in [-0.05, 0) is 32.9 Å². The van der Waals surface area contributed by atoms with Gasteiger partial charge >= 0.3 is 0 Å². The average molecular weight is 708 g/mol. The number of nitrogens with zero attached hydrogens (tertiary/aromatic N) is 1. The minimum Gasteiger partial charge on any atom is -0.388 e. The van der Waals surface area contributed by atoms with Gasteiger partial charge < -0.3 is 70.9 Å². The Morgan fingerprint density at radius 2 is 1.06 bits per heavy atom. The Hall–Kier alpha value is -2.82. The van der Waals surface area contributed by atoms with Crippen LogP contribution in [-0.4, -0.2) is 173 Å². The number of aliphatic hydroxyl groups excluding tert-OH is 6. The normalized spacial score (nSPS) is 30.0. The van der Waals surface area contributed by atoms with Crippen LogP contribution in [0.3, 0.4) is 0 Å². The van der Waals surface area contributed by atoms with Gasteiger partial charge in [-0.2, -0.15) is 0 Å². The molecule has 4 amide bonds. The Morgan fingerprint density at radius 3 is 1.49 bits per heavy atom. The highest BCUT2D eigenvalue weighted by molar-refractivity contribution is 5.84. The van der Waals surface area contributed by atoms with Crippen molar-refractivity contribution in [2.75, 3.05) is 52.5 Å². The summed E-state index contributed by atoms with van der Waals surface area (Å²) in [7, 11) is 0. The highest BCUT2D eigenvalue weighted by Crippen LogP contribution is 2.22. The van der Waals surface area contributed by atoms with Gasteiger partial charge in [0, 0.05) is 26.1 Å². The first-order chi connectivity index (χ1) is 23.2. The molecule has 19 nitrogen and oxygen atoms in total. The molecule has 0 spiro atoms. The first kappa shape index (κ1) is 42.3. The molecule has 49 heavy (non-hydrogen) atoms. The summed E-state index contributed by atoms with van der Waals surface area (Å²) < 4.78 is 21.5.